The highest BCUT2D eigenvalue weighted by Crippen LogP contribution is 2.32. The van der Waals surface area contributed by atoms with Gasteiger partial charge in [0.05, 0.1) is 13.7 Å². The van der Waals surface area contributed by atoms with Gasteiger partial charge in [-0.15, -0.1) is 0 Å². The largest absolute Gasteiger partial charge is 1.00 e. The molecule has 1 atom stereocenters. The second-order valence-electron chi connectivity index (χ2n) is 4.03. The minimum atomic E-state index is -0.917. The van der Waals surface area contributed by atoms with Gasteiger partial charge in [0, 0.05) is 14.2 Å². The normalized spacial score (nSPS) is 25.0. The van der Waals surface area contributed by atoms with E-state index in [2.05, 4.69) is 15.0 Å². The summed E-state index contributed by atoms with van der Waals surface area (Å²) >= 11 is 0. The van der Waals surface area contributed by atoms with Crippen LogP contribution in [0, 0.1) is 0 Å². The molecule has 1 aromatic heterocycles. The topological polar surface area (TPSA) is 97.9 Å². The zero-order valence-corrected chi connectivity index (χ0v) is 11.9. The van der Waals surface area contributed by atoms with Gasteiger partial charge in [-0.3, -0.25) is 0 Å². The highest BCUT2D eigenvalue weighted by molar-refractivity contribution is 5.25. The Bertz CT molecular complexity index is 379. The minimum Gasteiger partial charge on any atom is -1.00 e. The van der Waals surface area contributed by atoms with E-state index in [-0.39, 0.29) is 17.9 Å². The fourth-order valence-corrected chi connectivity index (χ4v) is 2.11. The van der Waals surface area contributed by atoms with Crippen LogP contribution in [0.25, 0.3) is 0 Å². The number of hydrogen-bond donors (Lipinski definition) is 0. The Hall–Kier alpha value is -0.900. The smallest absolute Gasteiger partial charge is 0.350 e. The lowest BCUT2D eigenvalue weighted by Crippen LogP contribution is -3.00. The Kier molecular flexibility index (Phi) is 6.70. The predicted molar refractivity (Wildman–Crippen MR) is 63.6 cm³/mol. The van der Waals surface area contributed by atoms with Crippen LogP contribution >= 0.6 is 0 Å². The van der Waals surface area contributed by atoms with Crippen molar-refractivity contribution in [2.24, 2.45) is 0 Å². The van der Waals surface area contributed by atoms with Gasteiger partial charge in [-0.2, -0.15) is 9.97 Å². The van der Waals surface area contributed by atoms with E-state index in [0.717, 1.165) is 0 Å². The Morgan fingerprint density at radius 2 is 1.84 bits per heavy atom. The van der Waals surface area contributed by atoms with Crippen LogP contribution in [0.15, 0.2) is 12.7 Å². The number of aromatic nitrogens is 3. The Balaban J connectivity index is 0.00000162. The molecule has 19 heavy (non-hydrogen) atoms. The van der Waals surface area contributed by atoms with E-state index in [1.807, 2.05) is 7.05 Å². The number of methoxy groups -OCH3 is 2. The third-order valence-electron chi connectivity index (χ3n) is 3.28. The van der Waals surface area contributed by atoms with Gasteiger partial charge in [0.25, 0.3) is 0 Å². The molecule has 0 bridgehead atoms. The van der Waals surface area contributed by atoms with Crippen molar-refractivity contribution in [1.82, 2.24) is 19.4 Å². The number of halogens is 1. The Morgan fingerprint density at radius 3 is 2.37 bits per heavy atom. The van der Waals surface area contributed by atoms with Gasteiger partial charge in [-0.25, -0.2) is 9.47 Å². The molecule has 0 radical (unpaired) electrons. The maximum Gasteiger partial charge on any atom is 0.350 e. The number of rotatable bonds is 3. The summed E-state index contributed by atoms with van der Waals surface area (Å²) in [6, 6.07) is 0. The molecular weight excluding hydrogens is 276 g/mol. The van der Waals surface area contributed by atoms with Gasteiger partial charge in [0.15, 0.2) is 6.61 Å². The van der Waals surface area contributed by atoms with Crippen molar-refractivity contribution in [1.29, 1.82) is 0 Å². The zero-order valence-electron chi connectivity index (χ0n) is 11.2. The molecule has 0 amide bonds. The fourth-order valence-electron chi connectivity index (χ4n) is 2.11. The minimum absolute atomic E-state index is 0. The molecule has 9 heteroatoms. The van der Waals surface area contributed by atoms with Gasteiger partial charge in [-0.05, 0) is 0 Å². The number of morpholine rings is 1. The summed E-state index contributed by atoms with van der Waals surface area (Å²) in [5.74, 6) is -0.313. The molecule has 2 heterocycles. The van der Waals surface area contributed by atoms with E-state index >= 15 is 0 Å². The molecule has 0 aliphatic carbocycles. The summed E-state index contributed by atoms with van der Waals surface area (Å²) in [5.41, 5.74) is 0. The summed E-state index contributed by atoms with van der Waals surface area (Å²) in [4.78, 5) is 12.2. The van der Waals surface area contributed by atoms with Gasteiger partial charge in [0.2, 0.25) is 0 Å². The van der Waals surface area contributed by atoms with Crippen LogP contribution in [0.1, 0.15) is 0 Å². The summed E-state index contributed by atoms with van der Waals surface area (Å²) in [6.07, 6.45) is 2.94. The molecule has 0 saturated carbocycles. The highest BCUT2D eigenvalue weighted by atomic mass is 35.5. The van der Waals surface area contributed by atoms with Crippen LogP contribution in [0.5, 0.6) is 0 Å². The molecule has 1 aliphatic heterocycles. The molecule has 1 unspecified atom stereocenters. The third kappa shape index (κ3) is 2.83. The molecule has 8 nitrogen and oxygen atoms in total. The van der Waals surface area contributed by atoms with E-state index in [4.69, 9.17) is 14.2 Å². The summed E-state index contributed by atoms with van der Waals surface area (Å²) in [5, 5.41) is 0. The molecule has 110 valence electrons. The van der Waals surface area contributed by atoms with Crippen LogP contribution in [-0.2, 0) is 14.2 Å². The maximum atomic E-state index is 5.52. The second kappa shape index (κ2) is 7.04. The van der Waals surface area contributed by atoms with Crippen molar-refractivity contribution in [2.75, 3.05) is 41.0 Å². The van der Waals surface area contributed by atoms with Gasteiger partial charge in [-0.1, -0.05) is 0 Å². The first-order valence-corrected chi connectivity index (χ1v) is 5.35. The van der Waals surface area contributed by atoms with E-state index in [9.17, 15) is 0 Å². The number of nitrogens with zero attached hydrogens (tertiary/aromatic N) is 4. The van der Waals surface area contributed by atoms with E-state index < -0.39 is 5.91 Å². The molecule has 2 rings (SSSR count). The van der Waals surface area contributed by atoms with Crippen LogP contribution < -0.4 is 16.9 Å². The third-order valence-corrected chi connectivity index (χ3v) is 3.28. The maximum absolute atomic E-state index is 5.52. The lowest BCUT2D eigenvalue weighted by molar-refractivity contribution is -0.324. The van der Waals surface area contributed by atoms with Crippen LogP contribution in [0.2, 0.25) is 0 Å². The zero-order chi connectivity index (χ0) is 12.4. The van der Waals surface area contributed by atoms with Gasteiger partial charge in [0.1, 0.15) is 19.2 Å². The van der Waals surface area contributed by atoms with E-state index in [1.165, 1.54) is 12.7 Å². The van der Waals surface area contributed by atoms with E-state index in [0.29, 0.717) is 30.2 Å². The molecular formula is C10H19ClN4O4. The second-order valence-corrected chi connectivity index (χ2v) is 4.03. The first-order chi connectivity index (χ1) is 8.18. The standard InChI is InChI=1S/C10H17N4O3.ClH.H2O/c1-14(9-12-7-11-8-13-9)4-5-17-6-10(14,15-2)16-3;;/h7-8H,4-6H2,1-3H3;1H;1H2/q+1;;/p-1. The lowest BCUT2D eigenvalue weighted by Gasteiger charge is -2.47. The fraction of sp³-hybridized carbons (Fsp3) is 0.700. The molecule has 1 saturated heterocycles. The van der Waals surface area contributed by atoms with Crippen molar-refractivity contribution >= 4 is 5.95 Å². The van der Waals surface area contributed by atoms with Gasteiger partial charge < -0.3 is 32.1 Å². The first-order valence-electron chi connectivity index (χ1n) is 5.35. The average Bonchev–Trinajstić information content (AvgIpc) is 2.41. The van der Waals surface area contributed by atoms with Crippen molar-refractivity contribution in [3.63, 3.8) is 0 Å². The summed E-state index contributed by atoms with van der Waals surface area (Å²) < 4.78 is 16.8. The number of ether oxygens (including phenoxy) is 3. The molecule has 1 fully saturated rings. The number of likely N-dealkylation sites (N-methyl/N-ethyl adjacent to an activating group) is 1. The first kappa shape index (κ1) is 18.1. The van der Waals surface area contributed by atoms with Crippen LogP contribution in [0.4, 0.5) is 5.95 Å². The Morgan fingerprint density at radius 1 is 1.26 bits per heavy atom. The summed E-state index contributed by atoms with van der Waals surface area (Å²) in [7, 11) is 5.15. The van der Waals surface area contributed by atoms with E-state index in [1.54, 1.807) is 14.2 Å². The molecule has 0 aromatic carbocycles. The van der Waals surface area contributed by atoms with Crippen molar-refractivity contribution < 1.29 is 32.1 Å². The van der Waals surface area contributed by atoms with Crippen LogP contribution in [0.3, 0.4) is 0 Å². The number of quaternary nitrogens is 1. The monoisotopic (exact) mass is 294 g/mol. The SMILES string of the molecule is COC1(OC)COCC[N+]1(C)c1ncncn1.O.[Cl-]. The van der Waals surface area contributed by atoms with Crippen molar-refractivity contribution in [3.05, 3.63) is 12.7 Å². The lowest BCUT2D eigenvalue weighted by atomic mass is 10.3. The molecule has 1 aliphatic rings. The molecule has 1 aromatic rings. The van der Waals surface area contributed by atoms with Crippen LogP contribution in [-0.4, -0.2) is 67.4 Å². The molecule has 0 spiro atoms. The predicted octanol–water partition coefficient (Wildman–Crippen LogP) is -4.04. The molecule has 2 N–H and O–H groups in total. The van der Waals surface area contributed by atoms with Crippen molar-refractivity contribution in [2.45, 2.75) is 5.91 Å². The number of hydrogen-bond acceptors (Lipinski definition) is 6. The van der Waals surface area contributed by atoms with Crippen molar-refractivity contribution in [3.8, 4) is 0 Å². The average molecular weight is 295 g/mol. The Labute approximate surface area is 118 Å². The highest BCUT2D eigenvalue weighted by Gasteiger charge is 2.56. The van der Waals surface area contributed by atoms with Gasteiger partial charge >= 0.3 is 11.9 Å². The quantitative estimate of drug-likeness (QED) is 0.416. The summed E-state index contributed by atoms with van der Waals surface area (Å²) in [6.45, 7) is 1.62.